The first-order valence-corrected chi connectivity index (χ1v) is 14.9. The molecule has 0 saturated carbocycles. The topological polar surface area (TPSA) is 94.2 Å². The summed E-state index contributed by atoms with van der Waals surface area (Å²) in [5, 5.41) is 5.37. The molecule has 0 unspecified atom stereocenters. The molecule has 3 aliphatic heterocycles. The first-order valence-electron chi connectivity index (χ1n) is 14.9. The molecule has 2 N–H and O–H groups in total. The molecule has 2 aromatic rings. The van der Waals surface area contributed by atoms with Crippen LogP contribution in [0, 0.1) is 0 Å². The van der Waals surface area contributed by atoms with Crippen LogP contribution in [0.4, 0.5) is 18.9 Å². The van der Waals surface area contributed by atoms with E-state index in [-0.39, 0.29) is 30.0 Å². The minimum atomic E-state index is -4.55. The first kappa shape index (κ1) is 30.8. The molecule has 0 aliphatic carbocycles. The molecule has 12 heteroatoms. The van der Waals surface area contributed by atoms with Gasteiger partial charge in [-0.05, 0) is 68.1 Å². The normalized spacial score (nSPS) is 21.7. The molecule has 5 rings (SSSR count). The Morgan fingerprint density at radius 3 is 2.40 bits per heavy atom. The van der Waals surface area contributed by atoms with Crippen LogP contribution in [0.25, 0.3) is 0 Å². The van der Waals surface area contributed by atoms with Gasteiger partial charge < -0.3 is 25.2 Å². The molecule has 0 radical (unpaired) electrons. The van der Waals surface area contributed by atoms with Crippen LogP contribution in [-0.4, -0.2) is 98.6 Å². The Labute approximate surface area is 249 Å². The molecule has 3 amide bonds. The zero-order chi connectivity index (χ0) is 30.4. The van der Waals surface area contributed by atoms with Crippen LogP contribution < -0.4 is 15.5 Å². The highest BCUT2D eigenvalue weighted by molar-refractivity contribution is 5.96. The fraction of sp³-hybridized carbons (Fsp3) is 0.516. The minimum absolute atomic E-state index is 0.0413. The molecule has 2 atom stereocenters. The summed E-state index contributed by atoms with van der Waals surface area (Å²) in [6, 6.07) is 12.4. The van der Waals surface area contributed by atoms with Crippen LogP contribution in [0.1, 0.15) is 52.0 Å². The zero-order valence-electron chi connectivity index (χ0n) is 24.1. The van der Waals surface area contributed by atoms with Gasteiger partial charge in [-0.2, -0.15) is 13.2 Å². The van der Waals surface area contributed by atoms with Gasteiger partial charge in [-0.25, -0.2) is 0 Å². The number of anilines is 1. The predicted molar refractivity (Wildman–Crippen MR) is 155 cm³/mol. The van der Waals surface area contributed by atoms with E-state index in [0.29, 0.717) is 37.9 Å². The van der Waals surface area contributed by atoms with Gasteiger partial charge in [-0.15, -0.1) is 0 Å². The lowest BCUT2D eigenvalue weighted by Gasteiger charge is -2.28. The monoisotopic (exact) mass is 601 g/mol. The highest BCUT2D eigenvalue weighted by Gasteiger charge is 2.32. The van der Waals surface area contributed by atoms with Crippen LogP contribution in [-0.2, 0) is 15.7 Å². The number of ether oxygens (including phenoxy) is 1. The fourth-order valence-electron chi connectivity index (χ4n) is 6.08. The summed E-state index contributed by atoms with van der Waals surface area (Å²) < 4.78 is 44.1. The van der Waals surface area contributed by atoms with Crippen LogP contribution in [0.15, 0.2) is 48.5 Å². The zero-order valence-corrected chi connectivity index (χ0v) is 24.1. The van der Waals surface area contributed by atoms with E-state index in [2.05, 4.69) is 20.4 Å². The Balaban J connectivity index is 1.05. The number of morpholine rings is 1. The smallest absolute Gasteiger partial charge is 0.378 e. The van der Waals surface area contributed by atoms with E-state index >= 15 is 0 Å². The maximum atomic E-state index is 12.9. The number of halogens is 3. The van der Waals surface area contributed by atoms with Gasteiger partial charge in [-0.1, -0.05) is 6.07 Å². The molecule has 2 aromatic carbocycles. The lowest BCUT2D eigenvalue weighted by Crippen LogP contribution is -2.44. The van der Waals surface area contributed by atoms with Crippen molar-refractivity contribution in [3.8, 4) is 0 Å². The van der Waals surface area contributed by atoms with Crippen LogP contribution in [0.5, 0.6) is 0 Å². The van der Waals surface area contributed by atoms with E-state index < -0.39 is 17.6 Å². The summed E-state index contributed by atoms with van der Waals surface area (Å²) in [6.07, 6.45) is -0.672. The van der Waals surface area contributed by atoms with Crippen molar-refractivity contribution in [3.05, 3.63) is 65.2 Å². The average Bonchev–Trinajstić information content (AvgIpc) is 3.34. The van der Waals surface area contributed by atoms with Crippen molar-refractivity contribution in [2.75, 3.05) is 63.9 Å². The second-order valence-corrected chi connectivity index (χ2v) is 11.3. The molecule has 3 fully saturated rings. The van der Waals surface area contributed by atoms with E-state index in [4.69, 9.17) is 4.74 Å². The Morgan fingerprint density at radius 2 is 1.65 bits per heavy atom. The first-order chi connectivity index (χ1) is 20.7. The summed E-state index contributed by atoms with van der Waals surface area (Å²) in [5.74, 6) is -1.05. The van der Waals surface area contributed by atoms with Gasteiger partial charge in [0.15, 0.2) is 0 Å². The molecule has 9 nitrogen and oxygen atoms in total. The quantitative estimate of drug-likeness (QED) is 0.507. The minimum Gasteiger partial charge on any atom is -0.378 e. The Hall–Kier alpha value is -3.64. The van der Waals surface area contributed by atoms with Gasteiger partial charge in [0.2, 0.25) is 5.91 Å². The van der Waals surface area contributed by atoms with Crippen molar-refractivity contribution in [2.45, 2.75) is 43.9 Å². The SMILES string of the molecule is O=C(CNC(=O)c1cccc(C(F)(F)F)c1)N[C@@H]1CCN([C@H]2CCCN(c3ccc(C(=O)N4CCOCC4)cc3)CC2)C1. The van der Waals surface area contributed by atoms with Gasteiger partial charge in [0.1, 0.15) is 0 Å². The molecular weight excluding hydrogens is 563 g/mol. The molecular formula is C31H38F3N5O4. The highest BCUT2D eigenvalue weighted by Crippen LogP contribution is 2.29. The summed E-state index contributed by atoms with van der Waals surface area (Å²) in [6.45, 7) is 5.51. The number of hydrogen-bond donors (Lipinski definition) is 2. The predicted octanol–water partition coefficient (Wildman–Crippen LogP) is 3.16. The van der Waals surface area contributed by atoms with Crippen LogP contribution in [0.2, 0.25) is 0 Å². The van der Waals surface area contributed by atoms with Crippen LogP contribution in [0.3, 0.4) is 0 Å². The number of carbonyl (C=O) groups is 3. The maximum absolute atomic E-state index is 12.9. The lowest BCUT2D eigenvalue weighted by atomic mass is 10.1. The molecule has 43 heavy (non-hydrogen) atoms. The Kier molecular flexibility index (Phi) is 9.86. The molecule has 3 aliphatic rings. The molecule has 0 aromatic heterocycles. The van der Waals surface area contributed by atoms with Crippen molar-refractivity contribution in [1.29, 1.82) is 0 Å². The highest BCUT2D eigenvalue weighted by atomic mass is 19.4. The van der Waals surface area contributed by atoms with Crippen LogP contribution >= 0.6 is 0 Å². The summed E-state index contributed by atoms with van der Waals surface area (Å²) >= 11 is 0. The van der Waals surface area contributed by atoms with Crippen molar-refractivity contribution in [1.82, 2.24) is 20.4 Å². The molecule has 0 spiro atoms. The standard InChI is InChI=1S/C31H38F3N5O4/c32-31(33,34)24-4-1-3-23(19-24)29(41)35-20-28(40)36-25-10-13-39(21-25)26-5-2-12-37(14-11-26)27-8-6-22(7-9-27)30(42)38-15-17-43-18-16-38/h1,3-4,6-9,19,25-26H,2,5,10-18,20-21H2,(H,35,41)(H,36,40)/t25-,26+/m1/s1. The number of benzene rings is 2. The number of likely N-dealkylation sites (tertiary alicyclic amines) is 1. The molecule has 3 heterocycles. The Morgan fingerprint density at radius 1 is 0.884 bits per heavy atom. The van der Waals surface area contributed by atoms with E-state index in [1.54, 1.807) is 0 Å². The number of amides is 3. The van der Waals surface area contributed by atoms with Crippen molar-refractivity contribution < 1.29 is 32.3 Å². The number of nitrogens with zero attached hydrogens (tertiary/aromatic N) is 3. The maximum Gasteiger partial charge on any atom is 0.416 e. The lowest BCUT2D eigenvalue weighted by molar-refractivity contribution is -0.137. The molecule has 3 saturated heterocycles. The number of hydrogen-bond acceptors (Lipinski definition) is 6. The van der Waals surface area contributed by atoms with Gasteiger partial charge in [0.25, 0.3) is 11.8 Å². The average molecular weight is 602 g/mol. The largest absolute Gasteiger partial charge is 0.416 e. The number of rotatable bonds is 7. The number of carbonyl (C=O) groups excluding carboxylic acids is 3. The van der Waals surface area contributed by atoms with E-state index in [1.807, 2.05) is 29.2 Å². The third-order valence-electron chi connectivity index (χ3n) is 8.44. The summed E-state index contributed by atoms with van der Waals surface area (Å²) in [4.78, 5) is 44.2. The van der Waals surface area contributed by atoms with Gasteiger partial charge in [-0.3, -0.25) is 19.3 Å². The van der Waals surface area contributed by atoms with Gasteiger partial charge >= 0.3 is 6.18 Å². The van der Waals surface area contributed by atoms with E-state index in [1.165, 1.54) is 12.1 Å². The second-order valence-electron chi connectivity index (χ2n) is 11.3. The van der Waals surface area contributed by atoms with Crippen molar-refractivity contribution in [3.63, 3.8) is 0 Å². The summed E-state index contributed by atoms with van der Waals surface area (Å²) in [7, 11) is 0. The summed E-state index contributed by atoms with van der Waals surface area (Å²) in [5.41, 5.74) is 0.747. The van der Waals surface area contributed by atoms with Crippen molar-refractivity contribution >= 4 is 23.4 Å². The molecule has 0 bridgehead atoms. The second kappa shape index (κ2) is 13.8. The van der Waals surface area contributed by atoms with Gasteiger partial charge in [0, 0.05) is 68.2 Å². The fourth-order valence-corrected chi connectivity index (χ4v) is 6.08. The third-order valence-corrected chi connectivity index (χ3v) is 8.44. The number of alkyl halides is 3. The van der Waals surface area contributed by atoms with Crippen molar-refractivity contribution in [2.24, 2.45) is 0 Å². The molecule has 232 valence electrons. The number of nitrogens with one attached hydrogen (secondary N) is 2. The van der Waals surface area contributed by atoms with E-state index in [0.717, 1.165) is 69.7 Å². The Bertz CT molecular complexity index is 1280. The third kappa shape index (κ3) is 8.05. The van der Waals surface area contributed by atoms with Gasteiger partial charge in [0.05, 0.1) is 25.3 Å². The van der Waals surface area contributed by atoms with E-state index in [9.17, 15) is 27.6 Å².